The molecule has 1 aliphatic heterocycles. The van der Waals surface area contributed by atoms with Crippen molar-refractivity contribution in [2.75, 3.05) is 20.1 Å². The summed E-state index contributed by atoms with van der Waals surface area (Å²) in [6.45, 7) is 3.93. The van der Waals surface area contributed by atoms with E-state index >= 15 is 0 Å². The number of nitrogens with zero attached hydrogens (tertiary/aromatic N) is 2. The van der Waals surface area contributed by atoms with Crippen molar-refractivity contribution < 1.29 is 0 Å². The van der Waals surface area contributed by atoms with E-state index < -0.39 is 0 Å². The molecule has 0 saturated heterocycles. The van der Waals surface area contributed by atoms with Crippen LogP contribution in [0.5, 0.6) is 0 Å². The van der Waals surface area contributed by atoms with Crippen molar-refractivity contribution >= 4 is 0 Å². The Bertz CT molecular complexity index is 349. The second kappa shape index (κ2) is 4.29. The maximum atomic E-state index is 5.67. The third kappa shape index (κ3) is 2.03. The highest BCUT2D eigenvalue weighted by Crippen LogP contribution is 2.29. The molecule has 2 rings (SSSR count). The first kappa shape index (κ1) is 10.6. The molecule has 0 bridgehead atoms. The standard InChI is InChI=1S/C12H19N3/c1-9-7-10-11(14-8-9)4-6-15(2)12(10)3-5-13/h7-8,12H,3-6,13H2,1-2H3. The summed E-state index contributed by atoms with van der Waals surface area (Å²) in [4.78, 5) is 6.90. The maximum absolute atomic E-state index is 5.67. The first-order valence-electron chi connectivity index (χ1n) is 5.58. The number of aryl methyl sites for hydroxylation is 1. The molecule has 2 heterocycles. The third-order valence-corrected chi connectivity index (χ3v) is 3.17. The Balaban J connectivity index is 2.36. The van der Waals surface area contributed by atoms with Gasteiger partial charge in [0.2, 0.25) is 0 Å². The van der Waals surface area contributed by atoms with Crippen LogP contribution in [0.4, 0.5) is 0 Å². The number of likely N-dealkylation sites (N-methyl/N-ethyl adjacent to an activating group) is 1. The number of fused-ring (bicyclic) bond motifs is 1. The number of rotatable bonds is 2. The fraction of sp³-hybridized carbons (Fsp3) is 0.583. The summed E-state index contributed by atoms with van der Waals surface area (Å²) in [6.07, 6.45) is 4.05. The highest BCUT2D eigenvalue weighted by atomic mass is 15.1. The van der Waals surface area contributed by atoms with E-state index in [1.807, 2.05) is 6.20 Å². The second-order valence-corrected chi connectivity index (χ2v) is 4.37. The minimum absolute atomic E-state index is 0.464. The summed E-state index contributed by atoms with van der Waals surface area (Å²) in [7, 11) is 2.17. The summed E-state index contributed by atoms with van der Waals surface area (Å²) in [5.41, 5.74) is 9.56. The van der Waals surface area contributed by atoms with E-state index in [-0.39, 0.29) is 0 Å². The topological polar surface area (TPSA) is 42.1 Å². The summed E-state index contributed by atoms with van der Waals surface area (Å²) in [5, 5.41) is 0. The Labute approximate surface area is 91.3 Å². The minimum atomic E-state index is 0.464. The SMILES string of the molecule is Cc1cnc2c(c1)C(CCN)N(C)CC2. The molecule has 0 aliphatic carbocycles. The van der Waals surface area contributed by atoms with Crippen molar-refractivity contribution in [3.63, 3.8) is 0 Å². The van der Waals surface area contributed by atoms with E-state index in [1.165, 1.54) is 16.8 Å². The van der Waals surface area contributed by atoms with Crippen LogP contribution in [0.2, 0.25) is 0 Å². The number of hydrogen-bond acceptors (Lipinski definition) is 3. The van der Waals surface area contributed by atoms with Gasteiger partial charge in [-0.1, -0.05) is 6.07 Å². The van der Waals surface area contributed by atoms with Crippen LogP contribution in [0.3, 0.4) is 0 Å². The number of pyridine rings is 1. The van der Waals surface area contributed by atoms with Crippen molar-refractivity contribution in [2.45, 2.75) is 25.8 Å². The first-order chi connectivity index (χ1) is 7.22. The molecule has 1 unspecified atom stereocenters. The van der Waals surface area contributed by atoms with E-state index in [4.69, 9.17) is 5.73 Å². The van der Waals surface area contributed by atoms with Gasteiger partial charge in [0.15, 0.2) is 0 Å². The zero-order valence-corrected chi connectivity index (χ0v) is 9.53. The van der Waals surface area contributed by atoms with Crippen molar-refractivity contribution in [1.29, 1.82) is 0 Å². The van der Waals surface area contributed by atoms with Crippen LogP contribution >= 0.6 is 0 Å². The van der Waals surface area contributed by atoms with Crippen LogP contribution in [-0.4, -0.2) is 30.0 Å². The minimum Gasteiger partial charge on any atom is -0.330 e. The molecule has 2 N–H and O–H groups in total. The summed E-state index contributed by atoms with van der Waals surface area (Å²) >= 11 is 0. The Hall–Kier alpha value is -0.930. The summed E-state index contributed by atoms with van der Waals surface area (Å²) in [5.74, 6) is 0. The predicted molar refractivity (Wildman–Crippen MR) is 61.7 cm³/mol. The molecular weight excluding hydrogens is 186 g/mol. The van der Waals surface area contributed by atoms with E-state index in [1.54, 1.807) is 0 Å². The molecule has 0 radical (unpaired) electrons. The van der Waals surface area contributed by atoms with E-state index in [2.05, 4.69) is 29.9 Å². The summed E-state index contributed by atoms with van der Waals surface area (Å²) in [6, 6.07) is 2.73. The van der Waals surface area contributed by atoms with Gasteiger partial charge in [0.05, 0.1) is 0 Å². The largest absolute Gasteiger partial charge is 0.330 e. The van der Waals surface area contributed by atoms with E-state index in [0.29, 0.717) is 6.04 Å². The van der Waals surface area contributed by atoms with Gasteiger partial charge in [-0.25, -0.2) is 0 Å². The van der Waals surface area contributed by atoms with Gasteiger partial charge in [-0.3, -0.25) is 9.88 Å². The number of nitrogens with two attached hydrogens (primary N) is 1. The quantitative estimate of drug-likeness (QED) is 0.790. The Morgan fingerprint density at radius 3 is 3.13 bits per heavy atom. The maximum Gasteiger partial charge on any atom is 0.0464 e. The van der Waals surface area contributed by atoms with E-state index in [9.17, 15) is 0 Å². The van der Waals surface area contributed by atoms with Crippen molar-refractivity contribution in [3.8, 4) is 0 Å². The fourth-order valence-corrected chi connectivity index (χ4v) is 2.33. The Kier molecular flexibility index (Phi) is 3.03. The molecule has 82 valence electrons. The van der Waals surface area contributed by atoms with Crippen LogP contribution in [-0.2, 0) is 6.42 Å². The predicted octanol–water partition coefficient (Wildman–Crippen LogP) is 1.27. The molecule has 0 aromatic carbocycles. The van der Waals surface area contributed by atoms with Gasteiger partial charge in [0.25, 0.3) is 0 Å². The van der Waals surface area contributed by atoms with Crippen molar-refractivity contribution in [2.24, 2.45) is 5.73 Å². The molecule has 0 saturated carbocycles. The Morgan fingerprint density at radius 1 is 1.60 bits per heavy atom. The number of hydrogen-bond donors (Lipinski definition) is 1. The average Bonchev–Trinajstić information content (AvgIpc) is 2.23. The number of aromatic nitrogens is 1. The lowest BCUT2D eigenvalue weighted by atomic mass is 9.94. The molecule has 3 nitrogen and oxygen atoms in total. The van der Waals surface area contributed by atoms with Crippen LogP contribution in [0.15, 0.2) is 12.3 Å². The molecule has 1 aromatic heterocycles. The zero-order chi connectivity index (χ0) is 10.8. The van der Waals surface area contributed by atoms with Crippen LogP contribution in [0.25, 0.3) is 0 Å². The third-order valence-electron chi connectivity index (χ3n) is 3.17. The molecule has 1 atom stereocenters. The van der Waals surface area contributed by atoms with Crippen LogP contribution in [0.1, 0.15) is 29.3 Å². The first-order valence-corrected chi connectivity index (χ1v) is 5.58. The molecule has 1 aromatic rings. The molecular formula is C12H19N3. The zero-order valence-electron chi connectivity index (χ0n) is 9.53. The lowest BCUT2D eigenvalue weighted by Gasteiger charge is -2.34. The van der Waals surface area contributed by atoms with Crippen LogP contribution < -0.4 is 5.73 Å². The van der Waals surface area contributed by atoms with Gasteiger partial charge in [0.1, 0.15) is 0 Å². The lowest BCUT2D eigenvalue weighted by Crippen LogP contribution is -2.34. The highest BCUT2D eigenvalue weighted by molar-refractivity contribution is 5.30. The van der Waals surface area contributed by atoms with Crippen molar-refractivity contribution in [3.05, 3.63) is 29.1 Å². The van der Waals surface area contributed by atoms with Crippen molar-refractivity contribution in [1.82, 2.24) is 9.88 Å². The second-order valence-electron chi connectivity index (χ2n) is 4.37. The fourth-order valence-electron chi connectivity index (χ4n) is 2.33. The van der Waals surface area contributed by atoms with Gasteiger partial charge in [-0.05, 0) is 38.1 Å². The van der Waals surface area contributed by atoms with Crippen LogP contribution in [0, 0.1) is 6.92 Å². The average molecular weight is 205 g/mol. The normalized spacial score (nSPS) is 21.4. The lowest BCUT2D eigenvalue weighted by molar-refractivity contribution is 0.219. The highest BCUT2D eigenvalue weighted by Gasteiger charge is 2.24. The molecule has 1 aliphatic rings. The van der Waals surface area contributed by atoms with Gasteiger partial charge >= 0.3 is 0 Å². The summed E-state index contributed by atoms with van der Waals surface area (Å²) < 4.78 is 0. The molecule has 0 spiro atoms. The van der Waals surface area contributed by atoms with E-state index in [0.717, 1.165) is 25.9 Å². The van der Waals surface area contributed by atoms with Gasteiger partial charge in [0, 0.05) is 30.9 Å². The molecule has 3 heteroatoms. The molecule has 0 fully saturated rings. The molecule has 15 heavy (non-hydrogen) atoms. The van der Waals surface area contributed by atoms with Gasteiger partial charge < -0.3 is 5.73 Å². The van der Waals surface area contributed by atoms with Gasteiger partial charge in [-0.15, -0.1) is 0 Å². The monoisotopic (exact) mass is 205 g/mol. The smallest absolute Gasteiger partial charge is 0.0464 e. The Morgan fingerprint density at radius 2 is 2.40 bits per heavy atom. The molecule has 0 amide bonds. The van der Waals surface area contributed by atoms with Gasteiger partial charge in [-0.2, -0.15) is 0 Å².